The number of ether oxygens (including phenoxy) is 1. The van der Waals surface area contributed by atoms with Crippen molar-refractivity contribution in [2.75, 3.05) is 13.1 Å². The fourth-order valence-corrected chi connectivity index (χ4v) is 1.65. The minimum atomic E-state index is -1.14. The molecule has 1 aliphatic heterocycles. The highest BCUT2D eigenvalue weighted by Gasteiger charge is 2.56. The minimum Gasteiger partial charge on any atom is -0.450 e. The second-order valence-corrected chi connectivity index (χ2v) is 2.83. The van der Waals surface area contributed by atoms with Crippen molar-refractivity contribution in [3.8, 4) is 0 Å². The first-order valence-corrected chi connectivity index (χ1v) is 3.39. The molecule has 2 N–H and O–H groups in total. The number of piperidine rings is 1. The average molecular weight is 143 g/mol. The lowest BCUT2D eigenvalue weighted by molar-refractivity contribution is 0.0749. The molecule has 0 aromatic heterocycles. The van der Waals surface area contributed by atoms with Gasteiger partial charge in [-0.1, -0.05) is 0 Å². The summed E-state index contributed by atoms with van der Waals surface area (Å²) in [5.41, 5.74) is 0. The summed E-state index contributed by atoms with van der Waals surface area (Å²) in [6.45, 7) is 1.84. The molecule has 0 amide bonds. The number of rotatable bonds is 1. The van der Waals surface area contributed by atoms with Gasteiger partial charge < -0.3 is 15.2 Å². The van der Waals surface area contributed by atoms with Gasteiger partial charge in [0.15, 0.2) is 0 Å². The summed E-state index contributed by atoms with van der Waals surface area (Å²) in [6, 6.07) is 0. The van der Waals surface area contributed by atoms with Crippen molar-refractivity contribution < 1.29 is 14.6 Å². The molecule has 1 unspecified atom stereocenters. The molecule has 2 aliphatic rings. The predicted octanol–water partition coefficient (Wildman–Crippen LogP) is -0.101. The predicted molar refractivity (Wildman–Crippen MR) is 32.7 cm³/mol. The SMILES string of the molecule is O=C(O)OC1[C@H]2CNC[C@@H]12. The third kappa shape index (κ3) is 0.759. The lowest BCUT2D eigenvalue weighted by Gasteiger charge is -2.01. The molecular formula is C6H9NO3. The van der Waals surface area contributed by atoms with Crippen molar-refractivity contribution in [1.82, 2.24) is 5.32 Å². The van der Waals surface area contributed by atoms with E-state index in [2.05, 4.69) is 10.1 Å². The minimum absolute atomic E-state index is 0.00116. The third-order valence-corrected chi connectivity index (χ3v) is 2.25. The molecule has 56 valence electrons. The molecule has 1 aliphatic carbocycles. The van der Waals surface area contributed by atoms with Crippen LogP contribution in [0.2, 0.25) is 0 Å². The van der Waals surface area contributed by atoms with Crippen LogP contribution in [-0.2, 0) is 4.74 Å². The molecule has 4 heteroatoms. The van der Waals surface area contributed by atoms with Gasteiger partial charge in [0, 0.05) is 24.9 Å². The molecule has 0 bridgehead atoms. The van der Waals surface area contributed by atoms with Crippen LogP contribution >= 0.6 is 0 Å². The van der Waals surface area contributed by atoms with E-state index in [4.69, 9.17) is 5.11 Å². The van der Waals surface area contributed by atoms with Crippen molar-refractivity contribution in [1.29, 1.82) is 0 Å². The largest absolute Gasteiger partial charge is 0.506 e. The molecule has 0 aromatic rings. The molecular weight excluding hydrogens is 134 g/mol. The molecule has 0 aromatic carbocycles. The fourth-order valence-electron chi connectivity index (χ4n) is 1.65. The van der Waals surface area contributed by atoms with Crippen molar-refractivity contribution in [2.45, 2.75) is 6.10 Å². The van der Waals surface area contributed by atoms with Gasteiger partial charge in [0.25, 0.3) is 0 Å². The van der Waals surface area contributed by atoms with Crippen LogP contribution in [0.15, 0.2) is 0 Å². The number of carboxylic acid groups (broad SMARTS) is 1. The average Bonchev–Trinajstić information content (AvgIpc) is 2.40. The summed E-state index contributed by atoms with van der Waals surface area (Å²) in [4.78, 5) is 10.0. The van der Waals surface area contributed by atoms with Crippen LogP contribution in [0.4, 0.5) is 4.79 Å². The quantitative estimate of drug-likeness (QED) is 0.503. The summed E-state index contributed by atoms with van der Waals surface area (Å²) in [6.07, 6.45) is -1.14. The van der Waals surface area contributed by atoms with Gasteiger partial charge in [-0.25, -0.2) is 4.79 Å². The smallest absolute Gasteiger partial charge is 0.450 e. The molecule has 1 saturated carbocycles. The van der Waals surface area contributed by atoms with E-state index < -0.39 is 6.16 Å². The second-order valence-electron chi connectivity index (χ2n) is 2.83. The lowest BCUT2D eigenvalue weighted by atomic mass is 10.4. The summed E-state index contributed by atoms with van der Waals surface area (Å²) in [5, 5.41) is 11.4. The Morgan fingerprint density at radius 2 is 2.10 bits per heavy atom. The number of hydrogen-bond donors (Lipinski definition) is 2. The summed E-state index contributed by atoms with van der Waals surface area (Å²) in [5.74, 6) is 0.937. The summed E-state index contributed by atoms with van der Waals surface area (Å²) in [7, 11) is 0. The molecule has 10 heavy (non-hydrogen) atoms. The van der Waals surface area contributed by atoms with Crippen LogP contribution in [-0.4, -0.2) is 30.5 Å². The van der Waals surface area contributed by atoms with Crippen LogP contribution < -0.4 is 5.32 Å². The Hall–Kier alpha value is -0.770. The standard InChI is InChI=1S/C6H9NO3/c8-6(9)10-5-3-1-7-2-4(3)5/h3-5,7H,1-2H2,(H,8,9)/t3-,4+,5?. The first-order valence-electron chi connectivity index (χ1n) is 3.39. The van der Waals surface area contributed by atoms with Gasteiger partial charge in [-0.2, -0.15) is 0 Å². The van der Waals surface area contributed by atoms with Gasteiger partial charge in [-0.05, 0) is 0 Å². The van der Waals surface area contributed by atoms with E-state index in [1.54, 1.807) is 0 Å². The van der Waals surface area contributed by atoms with Crippen LogP contribution in [0, 0.1) is 11.8 Å². The first-order chi connectivity index (χ1) is 4.79. The van der Waals surface area contributed by atoms with E-state index in [9.17, 15) is 4.79 Å². The third-order valence-electron chi connectivity index (χ3n) is 2.25. The van der Waals surface area contributed by atoms with Gasteiger partial charge in [0.05, 0.1) is 0 Å². The Labute approximate surface area is 58.2 Å². The van der Waals surface area contributed by atoms with Crippen molar-refractivity contribution in [3.63, 3.8) is 0 Å². The Kier molecular flexibility index (Phi) is 1.11. The van der Waals surface area contributed by atoms with E-state index in [1.807, 2.05) is 0 Å². The molecule has 4 nitrogen and oxygen atoms in total. The maximum Gasteiger partial charge on any atom is 0.506 e. The van der Waals surface area contributed by atoms with E-state index in [1.165, 1.54) is 0 Å². The highest BCUT2D eigenvalue weighted by Crippen LogP contribution is 2.44. The summed E-state index contributed by atoms with van der Waals surface area (Å²) < 4.78 is 4.60. The highest BCUT2D eigenvalue weighted by atomic mass is 16.7. The normalized spacial score (nSPS) is 42.6. The van der Waals surface area contributed by atoms with E-state index >= 15 is 0 Å². The number of nitrogens with one attached hydrogen (secondary N) is 1. The second kappa shape index (κ2) is 1.85. The Balaban J connectivity index is 1.84. The fraction of sp³-hybridized carbons (Fsp3) is 0.833. The monoisotopic (exact) mass is 143 g/mol. The zero-order valence-corrected chi connectivity index (χ0v) is 5.41. The zero-order valence-electron chi connectivity index (χ0n) is 5.41. The maximum absolute atomic E-state index is 10.0. The number of hydrogen-bond acceptors (Lipinski definition) is 3. The Morgan fingerprint density at radius 3 is 2.60 bits per heavy atom. The van der Waals surface area contributed by atoms with Gasteiger partial charge in [0.1, 0.15) is 6.10 Å². The molecule has 3 atom stereocenters. The number of fused-ring (bicyclic) bond motifs is 1. The number of carbonyl (C=O) groups is 1. The lowest BCUT2D eigenvalue weighted by Crippen LogP contribution is -2.19. The zero-order chi connectivity index (χ0) is 7.14. The molecule has 1 heterocycles. The maximum atomic E-state index is 10.0. The van der Waals surface area contributed by atoms with Gasteiger partial charge >= 0.3 is 6.16 Å². The van der Waals surface area contributed by atoms with Gasteiger partial charge in [-0.15, -0.1) is 0 Å². The topological polar surface area (TPSA) is 58.6 Å². The Bertz CT molecular complexity index is 160. The van der Waals surface area contributed by atoms with Crippen LogP contribution in [0.5, 0.6) is 0 Å². The summed E-state index contributed by atoms with van der Waals surface area (Å²) >= 11 is 0. The molecule has 2 fully saturated rings. The molecule has 0 radical (unpaired) electrons. The van der Waals surface area contributed by atoms with E-state index in [-0.39, 0.29) is 6.10 Å². The van der Waals surface area contributed by atoms with Crippen molar-refractivity contribution >= 4 is 6.16 Å². The van der Waals surface area contributed by atoms with Gasteiger partial charge in [0.2, 0.25) is 0 Å². The molecule has 0 spiro atoms. The van der Waals surface area contributed by atoms with Crippen LogP contribution in [0.3, 0.4) is 0 Å². The van der Waals surface area contributed by atoms with Crippen LogP contribution in [0.25, 0.3) is 0 Å². The van der Waals surface area contributed by atoms with Gasteiger partial charge in [-0.3, -0.25) is 0 Å². The van der Waals surface area contributed by atoms with Crippen molar-refractivity contribution in [3.05, 3.63) is 0 Å². The molecule has 2 rings (SSSR count). The Morgan fingerprint density at radius 1 is 1.50 bits per heavy atom. The van der Waals surface area contributed by atoms with Crippen molar-refractivity contribution in [2.24, 2.45) is 11.8 Å². The van der Waals surface area contributed by atoms with E-state index in [0.29, 0.717) is 11.8 Å². The highest BCUT2D eigenvalue weighted by molar-refractivity contribution is 5.57. The molecule has 1 saturated heterocycles. The van der Waals surface area contributed by atoms with E-state index in [0.717, 1.165) is 13.1 Å². The van der Waals surface area contributed by atoms with Crippen LogP contribution in [0.1, 0.15) is 0 Å². The first kappa shape index (κ1) is 5.97.